The average Bonchev–Trinajstić information content (AvgIpc) is 2.46. The van der Waals surface area contributed by atoms with Gasteiger partial charge in [-0.2, -0.15) is 13.5 Å². The summed E-state index contributed by atoms with van der Waals surface area (Å²) < 4.78 is 36.2. The molecule has 2 aromatic carbocycles. The Morgan fingerprint density at radius 2 is 1.78 bits per heavy atom. The van der Waals surface area contributed by atoms with Crippen LogP contribution in [0.25, 0.3) is 0 Å². The van der Waals surface area contributed by atoms with Gasteiger partial charge in [-0.3, -0.25) is 4.55 Å². The normalized spacial score (nSPS) is 11.2. The molecule has 0 radical (unpaired) electrons. The zero-order chi connectivity index (χ0) is 16.3. The van der Waals surface area contributed by atoms with E-state index in [4.69, 9.17) is 15.0 Å². The molecule has 0 amide bonds. The van der Waals surface area contributed by atoms with E-state index in [-0.39, 0.29) is 35.2 Å². The number of hydrogen-bond acceptors (Lipinski definition) is 7. The summed E-state index contributed by atoms with van der Waals surface area (Å²) in [5.41, 5.74) is 6.16. The maximum absolute atomic E-state index is 11.6. The van der Waals surface area contributed by atoms with Crippen LogP contribution in [0, 0.1) is 0 Å². The Labute approximate surface area is 155 Å². The Balaban J connectivity index is 0.00000264. The second kappa shape index (κ2) is 7.75. The third-order valence-corrected chi connectivity index (χ3v) is 3.55. The van der Waals surface area contributed by atoms with Crippen LogP contribution in [0.4, 0.5) is 17.1 Å². The van der Waals surface area contributed by atoms with Gasteiger partial charge in [-0.15, -0.1) is 5.11 Å². The van der Waals surface area contributed by atoms with Crippen molar-refractivity contribution in [3.8, 4) is 11.5 Å². The molecule has 0 atom stereocenters. The number of benzene rings is 2. The van der Waals surface area contributed by atoms with E-state index < -0.39 is 20.8 Å². The number of nitrogens with two attached hydrogens (primary N) is 1. The molecule has 0 saturated carbocycles. The van der Waals surface area contributed by atoms with E-state index in [0.717, 1.165) is 18.2 Å². The van der Waals surface area contributed by atoms with Gasteiger partial charge >= 0.3 is 29.6 Å². The number of nitrogen functional groups attached to an aromatic ring is 1. The number of methoxy groups -OCH3 is 1. The molecule has 0 unspecified atom stereocenters. The molecule has 10 heteroatoms. The first-order valence-electron chi connectivity index (χ1n) is 5.95. The van der Waals surface area contributed by atoms with E-state index in [2.05, 4.69) is 10.2 Å². The predicted octanol–water partition coefficient (Wildman–Crippen LogP) is -0.983. The quantitative estimate of drug-likeness (QED) is 0.316. The average molecular weight is 345 g/mol. The van der Waals surface area contributed by atoms with Crippen molar-refractivity contribution >= 4 is 27.2 Å². The molecule has 0 aliphatic rings. The molecule has 2 rings (SSSR count). The summed E-state index contributed by atoms with van der Waals surface area (Å²) in [6.07, 6.45) is 0. The smallest absolute Gasteiger partial charge is 0.871 e. The van der Waals surface area contributed by atoms with Crippen LogP contribution in [0.5, 0.6) is 11.5 Å². The zero-order valence-electron chi connectivity index (χ0n) is 12.4. The van der Waals surface area contributed by atoms with Gasteiger partial charge in [-0.25, -0.2) is 0 Å². The molecule has 0 aliphatic heterocycles. The third-order valence-electron chi connectivity index (χ3n) is 2.70. The van der Waals surface area contributed by atoms with Crippen LogP contribution < -0.4 is 45.1 Å². The number of rotatable bonds is 4. The molecule has 2 aromatic rings. The fourth-order valence-corrected chi connectivity index (χ4v) is 2.12. The van der Waals surface area contributed by atoms with Crippen molar-refractivity contribution in [3.05, 3.63) is 36.4 Å². The summed E-state index contributed by atoms with van der Waals surface area (Å²) in [5.74, 6) is -0.187. The van der Waals surface area contributed by atoms with Crippen molar-refractivity contribution in [3.63, 3.8) is 0 Å². The summed E-state index contributed by atoms with van der Waals surface area (Å²) in [6, 6.07) is 7.54. The van der Waals surface area contributed by atoms with Gasteiger partial charge in [0.25, 0.3) is 10.1 Å². The van der Waals surface area contributed by atoms with E-state index >= 15 is 0 Å². The Bertz CT molecular complexity index is 839. The van der Waals surface area contributed by atoms with Crippen molar-refractivity contribution in [2.75, 3.05) is 12.8 Å². The van der Waals surface area contributed by atoms with Gasteiger partial charge in [0, 0.05) is 11.8 Å². The van der Waals surface area contributed by atoms with Crippen LogP contribution in [0.3, 0.4) is 0 Å². The molecule has 0 fully saturated rings. The molecule has 0 heterocycles. The molecule has 23 heavy (non-hydrogen) atoms. The standard InChI is InChI=1S/C13H13N3O5S.Na/c1-21-13-6-8(14)2-4-10(13)15-16-11-7-9(22(18,19)20)3-5-12(11)17;/h2-7,17H,14H2,1H3,(H,18,19,20);/q;+1/p-1. The first-order valence-corrected chi connectivity index (χ1v) is 7.39. The van der Waals surface area contributed by atoms with E-state index in [0.29, 0.717) is 17.1 Å². The minimum absolute atomic E-state index is 0. The SMILES string of the molecule is COc1cc(N)ccc1N=Nc1cc(S(=O)(=O)O)ccc1[O-].[Na+]. The number of ether oxygens (including phenoxy) is 1. The number of anilines is 1. The Morgan fingerprint density at radius 3 is 2.39 bits per heavy atom. The molecule has 0 saturated heterocycles. The molecule has 3 N–H and O–H groups in total. The molecule has 0 aromatic heterocycles. The number of hydrogen-bond donors (Lipinski definition) is 2. The van der Waals surface area contributed by atoms with Gasteiger partial charge in [0.15, 0.2) is 0 Å². The van der Waals surface area contributed by atoms with Gasteiger partial charge in [-0.05, 0) is 24.3 Å². The second-order valence-corrected chi connectivity index (χ2v) is 5.66. The molecule has 0 aliphatic carbocycles. The molecule has 0 spiro atoms. The van der Waals surface area contributed by atoms with Crippen molar-refractivity contribution in [1.82, 2.24) is 0 Å². The molecular formula is C13H12N3NaO5S. The van der Waals surface area contributed by atoms with Crippen LogP contribution in [-0.2, 0) is 10.1 Å². The Hall–Kier alpha value is -1.65. The summed E-state index contributed by atoms with van der Waals surface area (Å²) in [5, 5.41) is 19.2. The van der Waals surface area contributed by atoms with E-state index in [1.807, 2.05) is 0 Å². The van der Waals surface area contributed by atoms with E-state index in [1.54, 1.807) is 6.07 Å². The zero-order valence-corrected chi connectivity index (χ0v) is 15.2. The first kappa shape index (κ1) is 19.4. The fourth-order valence-electron chi connectivity index (χ4n) is 1.62. The summed E-state index contributed by atoms with van der Waals surface area (Å²) in [7, 11) is -3.00. The maximum Gasteiger partial charge on any atom is 1.00 e. The predicted molar refractivity (Wildman–Crippen MR) is 77.3 cm³/mol. The Kier molecular flexibility index (Phi) is 6.54. The summed E-state index contributed by atoms with van der Waals surface area (Å²) in [6.45, 7) is 0. The summed E-state index contributed by atoms with van der Waals surface area (Å²) in [4.78, 5) is -0.440. The monoisotopic (exact) mass is 345 g/mol. The minimum atomic E-state index is -4.43. The van der Waals surface area contributed by atoms with Gasteiger partial charge < -0.3 is 15.6 Å². The largest absolute Gasteiger partial charge is 1.00 e. The third kappa shape index (κ3) is 4.91. The molecule has 116 valence electrons. The van der Waals surface area contributed by atoms with Crippen LogP contribution in [-0.4, -0.2) is 20.1 Å². The molecule has 0 bridgehead atoms. The fraction of sp³-hybridized carbons (Fsp3) is 0.0769. The van der Waals surface area contributed by atoms with E-state index in [1.165, 1.54) is 19.2 Å². The second-order valence-electron chi connectivity index (χ2n) is 4.24. The van der Waals surface area contributed by atoms with Crippen LogP contribution in [0.2, 0.25) is 0 Å². The Morgan fingerprint density at radius 1 is 1.13 bits per heavy atom. The molecule has 8 nitrogen and oxygen atoms in total. The van der Waals surface area contributed by atoms with Gasteiger partial charge in [0.2, 0.25) is 0 Å². The first-order chi connectivity index (χ1) is 10.3. The summed E-state index contributed by atoms with van der Waals surface area (Å²) >= 11 is 0. The van der Waals surface area contributed by atoms with Crippen molar-refractivity contribution in [2.24, 2.45) is 10.2 Å². The van der Waals surface area contributed by atoms with Crippen molar-refractivity contribution < 1.29 is 52.4 Å². The number of nitrogens with zero attached hydrogens (tertiary/aromatic N) is 2. The van der Waals surface area contributed by atoms with Gasteiger partial charge in [0.1, 0.15) is 11.4 Å². The van der Waals surface area contributed by atoms with Crippen LogP contribution >= 0.6 is 0 Å². The number of azo groups is 1. The van der Waals surface area contributed by atoms with Gasteiger partial charge in [-0.1, -0.05) is 11.8 Å². The van der Waals surface area contributed by atoms with E-state index in [9.17, 15) is 13.5 Å². The van der Waals surface area contributed by atoms with Crippen LogP contribution in [0.15, 0.2) is 51.5 Å². The van der Waals surface area contributed by atoms with Crippen LogP contribution in [0.1, 0.15) is 0 Å². The maximum atomic E-state index is 11.6. The van der Waals surface area contributed by atoms with Crippen molar-refractivity contribution in [2.45, 2.75) is 4.90 Å². The van der Waals surface area contributed by atoms with Gasteiger partial charge in [0.05, 0.1) is 17.7 Å². The minimum Gasteiger partial charge on any atom is -0.871 e. The van der Waals surface area contributed by atoms with Crippen molar-refractivity contribution in [1.29, 1.82) is 0 Å². The topological polar surface area (TPSA) is 137 Å². The molecular weight excluding hydrogens is 333 g/mol.